The Bertz CT molecular complexity index is 503. The molecule has 1 N–H and O–H groups in total. The summed E-state index contributed by atoms with van der Waals surface area (Å²) in [4.78, 5) is 0. The molecule has 0 amide bonds. The monoisotopic (exact) mass is 231 g/mol. The topological polar surface area (TPSA) is 25.2 Å². The van der Waals surface area contributed by atoms with E-state index in [0.717, 1.165) is 12.1 Å². The van der Waals surface area contributed by atoms with Crippen LogP contribution in [0.4, 0.5) is 4.39 Å². The molecule has 0 spiro atoms. The normalized spacial score (nSPS) is 15.1. The average molecular weight is 231 g/mol. The number of hydrogen-bond acceptors (Lipinski definition) is 2. The number of furan rings is 1. The molecule has 1 saturated carbocycles. The van der Waals surface area contributed by atoms with Gasteiger partial charge in [-0.3, -0.25) is 0 Å². The van der Waals surface area contributed by atoms with E-state index in [-0.39, 0.29) is 5.82 Å². The van der Waals surface area contributed by atoms with Crippen molar-refractivity contribution in [3.8, 4) is 11.3 Å². The first-order valence-corrected chi connectivity index (χ1v) is 5.88. The van der Waals surface area contributed by atoms with Gasteiger partial charge >= 0.3 is 0 Å². The largest absolute Gasteiger partial charge is 0.464 e. The van der Waals surface area contributed by atoms with Crippen LogP contribution in [-0.4, -0.2) is 6.04 Å². The Morgan fingerprint density at radius 2 is 2.18 bits per heavy atom. The SMILES string of the molecule is Fc1ccc(CNC2CC2)cc1-c1ccco1. The van der Waals surface area contributed by atoms with Crippen LogP contribution in [0, 0.1) is 5.82 Å². The fourth-order valence-corrected chi connectivity index (χ4v) is 1.85. The minimum absolute atomic E-state index is 0.241. The highest BCUT2D eigenvalue weighted by molar-refractivity contribution is 5.59. The Morgan fingerprint density at radius 3 is 2.88 bits per heavy atom. The Labute approximate surface area is 99.5 Å². The van der Waals surface area contributed by atoms with Gasteiger partial charge in [-0.2, -0.15) is 0 Å². The second-order valence-electron chi connectivity index (χ2n) is 4.45. The number of nitrogens with one attached hydrogen (secondary N) is 1. The van der Waals surface area contributed by atoms with Crippen LogP contribution in [0.25, 0.3) is 11.3 Å². The molecule has 1 aliphatic carbocycles. The molecule has 2 nitrogen and oxygen atoms in total. The van der Waals surface area contributed by atoms with E-state index in [9.17, 15) is 4.39 Å². The number of hydrogen-bond donors (Lipinski definition) is 1. The Hall–Kier alpha value is -1.61. The van der Waals surface area contributed by atoms with Crippen LogP contribution in [-0.2, 0) is 6.54 Å². The molecule has 0 bridgehead atoms. The lowest BCUT2D eigenvalue weighted by Crippen LogP contribution is -2.15. The average Bonchev–Trinajstić information content (AvgIpc) is 3.01. The van der Waals surface area contributed by atoms with Crippen LogP contribution >= 0.6 is 0 Å². The highest BCUT2D eigenvalue weighted by Crippen LogP contribution is 2.25. The first kappa shape index (κ1) is 10.5. The number of rotatable bonds is 4. The van der Waals surface area contributed by atoms with E-state index in [4.69, 9.17) is 4.42 Å². The van der Waals surface area contributed by atoms with E-state index < -0.39 is 0 Å². The quantitative estimate of drug-likeness (QED) is 0.873. The van der Waals surface area contributed by atoms with Crippen molar-refractivity contribution in [3.05, 3.63) is 48.0 Å². The Balaban J connectivity index is 1.83. The summed E-state index contributed by atoms with van der Waals surface area (Å²) < 4.78 is 18.9. The van der Waals surface area contributed by atoms with Crippen molar-refractivity contribution < 1.29 is 8.81 Å². The summed E-state index contributed by atoms with van der Waals surface area (Å²) >= 11 is 0. The van der Waals surface area contributed by atoms with Crippen LogP contribution in [0.2, 0.25) is 0 Å². The number of benzene rings is 1. The predicted octanol–water partition coefficient (Wildman–Crippen LogP) is 3.34. The Kier molecular flexibility index (Phi) is 2.69. The molecule has 0 atom stereocenters. The van der Waals surface area contributed by atoms with E-state index in [1.54, 1.807) is 18.4 Å². The van der Waals surface area contributed by atoms with Crippen molar-refractivity contribution in [2.45, 2.75) is 25.4 Å². The van der Waals surface area contributed by atoms with Gasteiger partial charge in [0.25, 0.3) is 0 Å². The molecule has 1 aromatic heterocycles. The molecule has 88 valence electrons. The zero-order valence-corrected chi connectivity index (χ0v) is 9.45. The third-order valence-corrected chi connectivity index (χ3v) is 2.99. The first-order valence-electron chi connectivity index (χ1n) is 5.88. The van der Waals surface area contributed by atoms with Gasteiger partial charge in [0.2, 0.25) is 0 Å². The van der Waals surface area contributed by atoms with Gasteiger partial charge in [-0.05, 0) is 42.7 Å². The lowest BCUT2D eigenvalue weighted by molar-refractivity contribution is 0.568. The lowest BCUT2D eigenvalue weighted by Gasteiger charge is -2.06. The van der Waals surface area contributed by atoms with E-state index in [1.165, 1.54) is 18.9 Å². The van der Waals surface area contributed by atoms with Crippen molar-refractivity contribution in [2.75, 3.05) is 0 Å². The minimum atomic E-state index is -0.241. The van der Waals surface area contributed by atoms with E-state index in [2.05, 4.69) is 5.32 Å². The molecule has 17 heavy (non-hydrogen) atoms. The molecule has 1 heterocycles. The van der Waals surface area contributed by atoms with Gasteiger partial charge in [-0.15, -0.1) is 0 Å². The third-order valence-electron chi connectivity index (χ3n) is 2.99. The van der Waals surface area contributed by atoms with Gasteiger partial charge < -0.3 is 9.73 Å². The van der Waals surface area contributed by atoms with Crippen molar-refractivity contribution in [1.29, 1.82) is 0 Å². The zero-order chi connectivity index (χ0) is 11.7. The third kappa shape index (κ3) is 2.39. The number of halogens is 1. The molecule has 0 unspecified atom stereocenters. The maximum absolute atomic E-state index is 13.7. The van der Waals surface area contributed by atoms with Gasteiger partial charge in [-0.25, -0.2) is 4.39 Å². The van der Waals surface area contributed by atoms with Crippen LogP contribution in [0.3, 0.4) is 0 Å². The van der Waals surface area contributed by atoms with Crippen LogP contribution in [0.5, 0.6) is 0 Å². The smallest absolute Gasteiger partial charge is 0.136 e. The van der Waals surface area contributed by atoms with E-state index in [1.807, 2.05) is 12.1 Å². The van der Waals surface area contributed by atoms with E-state index >= 15 is 0 Å². The van der Waals surface area contributed by atoms with Crippen LogP contribution < -0.4 is 5.32 Å². The van der Waals surface area contributed by atoms with Gasteiger partial charge in [0.1, 0.15) is 11.6 Å². The summed E-state index contributed by atoms with van der Waals surface area (Å²) in [5.41, 5.74) is 1.62. The van der Waals surface area contributed by atoms with Crippen molar-refractivity contribution in [2.24, 2.45) is 0 Å². The second-order valence-corrected chi connectivity index (χ2v) is 4.45. The fraction of sp³-hybridized carbons (Fsp3) is 0.286. The molecule has 0 saturated heterocycles. The predicted molar refractivity (Wildman–Crippen MR) is 64.0 cm³/mol. The molecule has 1 fully saturated rings. The molecule has 0 aliphatic heterocycles. The molecule has 2 aromatic rings. The molecule has 3 rings (SSSR count). The molecule has 1 aliphatic rings. The molecule has 3 heteroatoms. The van der Waals surface area contributed by atoms with Crippen LogP contribution in [0.1, 0.15) is 18.4 Å². The summed E-state index contributed by atoms with van der Waals surface area (Å²) in [6.45, 7) is 0.790. The fourth-order valence-electron chi connectivity index (χ4n) is 1.85. The van der Waals surface area contributed by atoms with Crippen molar-refractivity contribution in [3.63, 3.8) is 0 Å². The standard InChI is InChI=1S/C14H14FNO/c15-13-6-3-10(9-16-11-4-5-11)8-12(13)14-2-1-7-17-14/h1-3,6-8,11,16H,4-5,9H2. The minimum Gasteiger partial charge on any atom is -0.464 e. The highest BCUT2D eigenvalue weighted by atomic mass is 19.1. The van der Waals surface area contributed by atoms with Crippen molar-refractivity contribution in [1.82, 2.24) is 5.32 Å². The molecular weight excluding hydrogens is 217 g/mol. The van der Waals surface area contributed by atoms with Crippen LogP contribution in [0.15, 0.2) is 41.0 Å². The summed E-state index contributed by atoms with van der Waals surface area (Å²) in [5, 5.41) is 3.41. The van der Waals surface area contributed by atoms with Gasteiger partial charge in [0, 0.05) is 12.6 Å². The summed E-state index contributed by atoms with van der Waals surface area (Å²) in [7, 11) is 0. The van der Waals surface area contributed by atoms with E-state index in [0.29, 0.717) is 17.4 Å². The Morgan fingerprint density at radius 1 is 1.29 bits per heavy atom. The van der Waals surface area contributed by atoms with Gasteiger partial charge in [0.15, 0.2) is 0 Å². The van der Waals surface area contributed by atoms with Crippen molar-refractivity contribution >= 4 is 0 Å². The summed E-state index contributed by atoms with van der Waals surface area (Å²) in [6.07, 6.45) is 4.07. The summed E-state index contributed by atoms with van der Waals surface area (Å²) in [6, 6.07) is 9.37. The summed E-state index contributed by atoms with van der Waals surface area (Å²) in [5.74, 6) is 0.339. The zero-order valence-electron chi connectivity index (χ0n) is 9.45. The lowest BCUT2D eigenvalue weighted by atomic mass is 10.1. The maximum atomic E-state index is 13.7. The van der Waals surface area contributed by atoms with Gasteiger partial charge in [-0.1, -0.05) is 6.07 Å². The molecular formula is C14H14FNO. The van der Waals surface area contributed by atoms with Gasteiger partial charge in [0.05, 0.1) is 11.8 Å². The highest BCUT2D eigenvalue weighted by Gasteiger charge is 2.20. The second kappa shape index (κ2) is 4.34. The molecule has 1 aromatic carbocycles. The molecule has 0 radical (unpaired) electrons. The maximum Gasteiger partial charge on any atom is 0.136 e. The first-order chi connectivity index (χ1) is 8.33.